The van der Waals surface area contributed by atoms with Crippen LogP contribution >= 0.6 is 11.6 Å². The van der Waals surface area contributed by atoms with Gasteiger partial charge >= 0.3 is 5.97 Å². The van der Waals surface area contributed by atoms with E-state index in [0.29, 0.717) is 33.9 Å². The Balaban J connectivity index is 1.19. The zero-order chi connectivity index (χ0) is 36.5. The molecule has 1 aliphatic rings. The molecular weight excluding hydrogens is 682 g/mol. The molecule has 1 saturated heterocycles. The number of nitrogens with zero attached hydrogens (tertiary/aromatic N) is 5. The molecule has 2 aromatic heterocycles. The van der Waals surface area contributed by atoms with Crippen LogP contribution in [0.5, 0.6) is 11.5 Å². The second kappa shape index (κ2) is 17.4. The number of ether oxygens (including phenoxy) is 2. The molecule has 6 rings (SSSR count). The second-order valence-electron chi connectivity index (χ2n) is 12.9. The van der Waals surface area contributed by atoms with E-state index in [4.69, 9.17) is 31.9 Å². The van der Waals surface area contributed by atoms with Crippen molar-refractivity contribution in [1.29, 1.82) is 5.26 Å². The first-order chi connectivity index (χ1) is 25.3. The SMILES string of the molecule is N#Cc1cncc(COc2cc(OCc3cccc(-c4cccc5c4cnn5CCCCN4CCCC4)c3N)c(Cl)cc2CNC(CO)C(=O)O)c1. The Morgan fingerprint density at radius 2 is 1.75 bits per heavy atom. The van der Waals surface area contributed by atoms with Crippen LogP contribution in [0.2, 0.25) is 5.02 Å². The van der Waals surface area contributed by atoms with Crippen LogP contribution in [0.3, 0.4) is 0 Å². The lowest BCUT2D eigenvalue weighted by Gasteiger charge is -2.18. The fourth-order valence-electron chi connectivity index (χ4n) is 6.46. The highest BCUT2D eigenvalue weighted by Crippen LogP contribution is 2.37. The van der Waals surface area contributed by atoms with Crippen molar-refractivity contribution in [3.05, 3.63) is 100 Å². The van der Waals surface area contributed by atoms with Gasteiger partial charge in [0.05, 0.1) is 28.9 Å². The number of aliphatic hydroxyl groups is 1. The fraction of sp³-hybridized carbons (Fsp3) is 0.333. The molecule has 0 bridgehead atoms. The van der Waals surface area contributed by atoms with Gasteiger partial charge in [-0.25, -0.2) is 0 Å². The number of aromatic nitrogens is 3. The molecule has 0 spiro atoms. The predicted molar refractivity (Wildman–Crippen MR) is 199 cm³/mol. The zero-order valence-corrected chi connectivity index (χ0v) is 29.6. The van der Waals surface area contributed by atoms with E-state index in [0.717, 1.165) is 53.5 Å². The van der Waals surface area contributed by atoms with Crippen LogP contribution in [0, 0.1) is 11.3 Å². The van der Waals surface area contributed by atoms with Crippen LogP contribution in [0.15, 0.2) is 73.2 Å². The number of rotatable bonds is 17. The van der Waals surface area contributed by atoms with Crippen LogP contribution in [0.1, 0.15) is 47.9 Å². The number of hydrogen-bond acceptors (Lipinski definition) is 10. The second-order valence-corrected chi connectivity index (χ2v) is 13.3. The van der Waals surface area contributed by atoms with Crippen molar-refractivity contribution < 1.29 is 24.5 Å². The monoisotopic (exact) mass is 723 g/mol. The molecule has 3 aromatic carbocycles. The fourth-order valence-corrected chi connectivity index (χ4v) is 6.70. The minimum atomic E-state index is -1.19. The number of anilines is 1. The van der Waals surface area contributed by atoms with Crippen molar-refractivity contribution >= 4 is 34.2 Å². The number of nitrogens with two attached hydrogens (primary N) is 1. The number of unbranched alkanes of at least 4 members (excludes halogenated alkanes) is 1. The summed E-state index contributed by atoms with van der Waals surface area (Å²) in [5.74, 6) is -0.486. The van der Waals surface area contributed by atoms with Crippen LogP contribution < -0.4 is 20.5 Å². The van der Waals surface area contributed by atoms with Crippen molar-refractivity contribution in [3.8, 4) is 28.7 Å². The molecule has 1 fully saturated rings. The van der Waals surface area contributed by atoms with Gasteiger partial charge in [0.15, 0.2) is 0 Å². The van der Waals surface area contributed by atoms with Gasteiger partial charge in [-0.1, -0.05) is 41.9 Å². The minimum Gasteiger partial charge on any atom is -0.488 e. The van der Waals surface area contributed by atoms with E-state index in [1.165, 1.54) is 32.1 Å². The molecule has 270 valence electrons. The summed E-state index contributed by atoms with van der Waals surface area (Å²) < 4.78 is 14.4. The molecule has 0 amide bonds. The third-order valence-electron chi connectivity index (χ3n) is 9.30. The van der Waals surface area contributed by atoms with Gasteiger partial charge in [-0.15, -0.1) is 0 Å². The first kappa shape index (κ1) is 36.6. The first-order valence-corrected chi connectivity index (χ1v) is 17.8. The molecule has 5 aromatic rings. The van der Waals surface area contributed by atoms with Gasteiger partial charge in [-0.2, -0.15) is 10.4 Å². The van der Waals surface area contributed by atoms with Gasteiger partial charge in [-0.05, 0) is 69.1 Å². The highest BCUT2D eigenvalue weighted by Gasteiger charge is 2.19. The van der Waals surface area contributed by atoms with Crippen LogP contribution in [0.4, 0.5) is 5.69 Å². The summed E-state index contributed by atoms with van der Waals surface area (Å²) >= 11 is 6.69. The van der Waals surface area contributed by atoms with Crippen molar-refractivity contribution in [2.24, 2.45) is 0 Å². The Kier molecular flexibility index (Phi) is 12.2. The first-order valence-electron chi connectivity index (χ1n) is 17.4. The van der Waals surface area contributed by atoms with E-state index in [1.807, 2.05) is 30.5 Å². The number of nitriles is 1. The number of aliphatic hydroxyl groups excluding tert-OH is 1. The van der Waals surface area contributed by atoms with Crippen LogP contribution in [0.25, 0.3) is 22.0 Å². The number of halogens is 1. The third-order valence-corrected chi connectivity index (χ3v) is 9.60. The predicted octanol–water partition coefficient (Wildman–Crippen LogP) is 5.77. The Labute approximate surface area is 307 Å². The highest BCUT2D eigenvalue weighted by molar-refractivity contribution is 6.32. The van der Waals surface area contributed by atoms with E-state index < -0.39 is 18.6 Å². The molecule has 3 heterocycles. The molecule has 0 aliphatic carbocycles. The summed E-state index contributed by atoms with van der Waals surface area (Å²) in [7, 11) is 0. The lowest BCUT2D eigenvalue weighted by Crippen LogP contribution is -2.39. The zero-order valence-electron chi connectivity index (χ0n) is 28.8. The molecular formula is C39H42ClN7O5. The van der Waals surface area contributed by atoms with Gasteiger partial charge in [0.1, 0.15) is 36.8 Å². The Hall–Kier alpha value is -5.19. The number of nitrogen functional groups attached to an aromatic ring is 1. The number of fused-ring (bicyclic) bond motifs is 1. The summed E-state index contributed by atoms with van der Waals surface area (Å²) in [5, 5.41) is 37.0. The van der Waals surface area contributed by atoms with Gasteiger partial charge in [-0.3, -0.25) is 19.8 Å². The van der Waals surface area contributed by atoms with E-state index in [1.54, 1.807) is 24.4 Å². The molecule has 1 aliphatic heterocycles. The number of benzene rings is 3. The smallest absolute Gasteiger partial charge is 0.323 e. The molecule has 52 heavy (non-hydrogen) atoms. The number of likely N-dealkylation sites (tertiary alicyclic amines) is 1. The number of aryl methyl sites for hydroxylation is 1. The lowest BCUT2D eigenvalue weighted by molar-refractivity contribution is -0.140. The Morgan fingerprint density at radius 3 is 2.54 bits per heavy atom. The maximum atomic E-state index is 11.5. The molecule has 0 saturated carbocycles. The number of carbonyl (C=O) groups is 1. The van der Waals surface area contributed by atoms with Gasteiger partial charge in [0.2, 0.25) is 0 Å². The maximum Gasteiger partial charge on any atom is 0.323 e. The molecule has 5 N–H and O–H groups in total. The van der Waals surface area contributed by atoms with Gasteiger partial charge in [0.25, 0.3) is 0 Å². The number of carboxylic acid groups (broad SMARTS) is 1. The van der Waals surface area contributed by atoms with Crippen molar-refractivity contribution in [1.82, 2.24) is 25.0 Å². The molecule has 0 radical (unpaired) electrons. The number of nitrogens with one attached hydrogen (secondary N) is 1. The van der Waals surface area contributed by atoms with E-state index in [9.17, 15) is 20.3 Å². The van der Waals surface area contributed by atoms with E-state index in [-0.39, 0.29) is 24.8 Å². The summed E-state index contributed by atoms with van der Waals surface area (Å²) in [4.78, 5) is 18.1. The van der Waals surface area contributed by atoms with E-state index >= 15 is 0 Å². The normalized spacial score (nSPS) is 13.6. The van der Waals surface area contributed by atoms with Crippen molar-refractivity contribution in [2.45, 2.75) is 58.0 Å². The average molecular weight is 724 g/mol. The molecule has 1 atom stereocenters. The lowest BCUT2D eigenvalue weighted by atomic mass is 9.98. The van der Waals surface area contributed by atoms with Gasteiger partial charge in [0, 0.05) is 64.9 Å². The van der Waals surface area contributed by atoms with Crippen LogP contribution in [-0.2, 0) is 31.1 Å². The van der Waals surface area contributed by atoms with Crippen molar-refractivity contribution in [2.75, 3.05) is 32.0 Å². The van der Waals surface area contributed by atoms with E-state index in [2.05, 4.69) is 38.1 Å². The molecule has 13 heteroatoms. The Bertz CT molecular complexity index is 2060. The van der Waals surface area contributed by atoms with Gasteiger partial charge < -0.3 is 30.3 Å². The minimum absolute atomic E-state index is 0.0407. The summed E-state index contributed by atoms with van der Waals surface area (Å²) in [5.41, 5.74) is 12.7. The Morgan fingerprint density at radius 1 is 0.981 bits per heavy atom. The molecule has 12 nitrogen and oxygen atoms in total. The average Bonchev–Trinajstić information content (AvgIpc) is 3.83. The summed E-state index contributed by atoms with van der Waals surface area (Å²) in [6.07, 6.45) is 9.80. The standard InChI is InChI=1S/C39H42ClN7O5/c40-33-16-29(21-44-34(23-48)39(49)50)36(51-24-27-15-26(18-41)19-43-20-27)17-37(33)52-25-28-7-5-9-31(38(28)42)30-8-6-10-35-32(30)22-45-47(35)14-4-3-13-46-11-1-2-12-46/h5-10,15-17,19-20,22,34,44,48H,1-4,11-14,21,23-25,42H2,(H,49,50). The third kappa shape index (κ3) is 8.81. The number of aliphatic carboxylic acids is 1. The number of pyridine rings is 1. The highest BCUT2D eigenvalue weighted by atomic mass is 35.5. The summed E-state index contributed by atoms with van der Waals surface area (Å²) in [6.45, 7) is 4.07. The summed E-state index contributed by atoms with van der Waals surface area (Å²) in [6, 6.07) is 17.8. The molecule has 1 unspecified atom stereocenters. The maximum absolute atomic E-state index is 11.5. The quantitative estimate of drug-likeness (QED) is 0.0678. The largest absolute Gasteiger partial charge is 0.488 e. The number of para-hydroxylation sites is 1. The van der Waals surface area contributed by atoms with Crippen molar-refractivity contribution in [3.63, 3.8) is 0 Å². The number of carboxylic acids is 1. The number of hydrogen-bond donors (Lipinski definition) is 4. The van der Waals surface area contributed by atoms with Crippen LogP contribution in [-0.4, -0.2) is 68.1 Å². The topological polar surface area (TPSA) is 172 Å².